The summed E-state index contributed by atoms with van der Waals surface area (Å²) in [5.41, 5.74) is -1.84. The molecule has 0 aromatic rings. The number of amides is 1. The largest absolute Gasteiger partial charge is 0.465 e. The lowest BCUT2D eigenvalue weighted by Gasteiger charge is -2.42. The van der Waals surface area contributed by atoms with Gasteiger partial charge in [0.2, 0.25) is 0 Å². The van der Waals surface area contributed by atoms with E-state index in [1.165, 1.54) is 0 Å². The molecule has 1 heterocycles. The number of aldehydes is 1. The van der Waals surface area contributed by atoms with E-state index in [4.69, 9.17) is 5.11 Å². The molecular weight excluding hydrogens is 201 g/mol. The van der Waals surface area contributed by atoms with Crippen LogP contribution in [0.15, 0.2) is 0 Å². The van der Waals surface area contributed by atoms with E-state index in [9.17, 15) is 14.0 Å². The third-order valence-corrected chi connectivity index (χ3v) is 3.12. The molecule has 0 radical (unpaired) electrons. The Bertz CT molecular complexity index is 287. The highest BCUT2D eigenvalue weighted by Gasteiger charge is 2.55. The summed E-state index contributed by atoms with van der Waals surface area (Å²) in [6, 6.07) is 0. The molecule has 4 nitrogen and oxygen atoms in total. The van der Waals surface area contributed by atoms with E-state index in [2.05, 4.69) is 0 Å². The second kappa shape index (κ2) is 3.47. The van der Waals surface area contributed by atoms with Gasteiger partial charge in [-0.15, -0.1) is 0 Å². The van der Waals surface area contributed by atoms with Gasteiger partial charge in [-0.1, -0.05) is 20.8 Å². The number of rotatable bonds is 1. The van der Waals surface area contributed by atoms with Gasteiger partial charge < -0.3 is 9.90 Å². The zero-order chi connectivity index (χ0) is 11.9. The van der Waals surface area contributed by atoms with Gasteiger partial charge in [0.15, 0.2) is 0 Å². The first-order chi connectivity index (χ1) is 6.74. The number of likely N-dealkylation sites (tertiary alicyclic amines) is 1. The van der Waals surface area contributed by atoms with E-state index in [1.54, 1.807) is 20.8 Å². The Morgan fingerprint density at radius 2 is 2.13 bits per heavy atom. The number of halogens is 1. The normalized spacial score (nSPS) is 31.7. The number of carboxylic acid groups (broad SMARTS) is 1. The lowest BCUT2D eigenvalue weighted by Crippen LogP contribution is -2.56. The summed E-state index contributed by atoms with van der Waals surface area (Å²) in [4.78, 5) is 23.1. The van der Waals surface area contributed by atoms with E-state index >= 15 is 0 Å². The van der Waals surface area contributed by atoms with Crippen molar-refractivity contribution in [2.45, 2.75) is 38.9 Å². The summed E-state index contributed by atoms with van der Waals surface area (Å²) in [6.07, 6.45) is -1.98. The van der Waals surface area contributed by atoms with Crippen LogP contribution in [0.5, 0.6) is 0 Å². The Morgan fingerprint density at radius 3 is 2.40 bits per heavy atom. The minimum atomic E-state index is -1.26. The molecule has 1 N–H and O–H groups in total. The maximum atomic E-state index is 13.3. The molecule has 15 heavy (non-hydrogen) atoms. The van der Waals surface area contributed by atoms with Crippen LogP contribution in [0, 0.1) is 5.41 Å². The Labute approximate surface area is 88.1 Å². The van der Waals surface area contributed by atoms with Gasteiger partial charge in [0, 0.05) is 6.42 Å². The third-order valence-electron chi connectivity index (χ3n) is 3.12. The van der Waals surface area contributed by atoms with E-state index in [-0.39, 0.29) is 13.0 Å². The van der Waals surface area contributed by atoms with Crippen molar-refractivity contribution in [3.8, 4) is 0 Å². The van der Waals surface area contributed by atoms with Crippen LogP contribution in [0.25, 0.3) is 0 Å². The molecule has 0 aliphatic carbocycles. The predicted molar refractivity (Wildman–Crippen MR) is 52.5 cm³/mol. The molecule has 0 aromatic heterocycles. The SMILES string of the molecule is CC(C)(C)[C@]1(C=O)C[C@H](F)CN1C(=O)O. The van der Waals surface area contributed by atoms with Gasteiger partial charge in [-0.2, -0.15) is 0 Å². The quantitative estimate of drug-likeness (QED) is 0.680. The minimum absolute atomic E-state index is 0.0493. The fraction of sp³-hybridized carbons (Fsp3) is 0.800. The van der Waals surface area contributed by atoms with Gasteiger partial charge >= 0.3 is 6.09 Å². The summed E-state index contributed by atoms with van der Waals surface area (Å²) in [5, 5.41) is 8.96. The fourth-order valence-corrected chi connectivity index (χ4v) is 2.12. The van der Waals surface area contributed by atoms with E-state index in [0.29, 0.717) is 6.29 Å². The van der Waals surface area contributed by atoms with E-state index in [0.717, 1.165) is 4.90 Å². The standard InChI is InChI=1S/C10H16FNO3/c1-9(2,3)10(6-13)4-7(11)5-12(10)8(14)15/h6-7H,4-5H2,1-3H3,(H,14,15)/t7-,10+/m0/s1. The van der Waals surface area contributed by atoms with Gasteiger partial charge in [0.05, 0.1) is 6.54 Å². The molecule has 1 aliphatic rings. The average Bonchev–Trinajstić information content (AvgIpc) is 2.42. The first-order valence-corrected chi connectivity index (χ1v) is 4.85. The van der Waals surface area contributed by atoms with Crippen molar-refractivity contribution < 1.29 is 19.1 Å². The first kappa shape index (κ1) is 11.9. The Hall–Kier alpha value is -1.13. The number of alkyl halides is 1. The molecule has 0 aromatic carbocycles. The fourth-order valence-electron chi connectivity index (χ4n) is 2.12. The van der Waals surface area contributed by atoms with Crippen LogP contribution < -0.4 is 0 Å². The Morgan fingerprint density at radius 1 is 1.60 bits per heavy atom. The molecule has 1 amide bonds. The second-order valence-electron chi connectivity index (χ2n) is 4.99. The maximum absolute atomic E-state index is 13.3. The van der Waals surface area contributed by atoms with Gasteiger partial charge in [0.1, 0.15) is 18.0 Å². The molecule has 1 aliphatic heterocycles. The number of nitrogens with zero attached hydrogens (tertiary/aromatic N) is 1. The second-order valence-corrected chi connectivity index (χ2v) is 4.99. The minimum Gasteiger partial charge on any atom is -0.465 e. The molecule has 1 rings (SSSR count). The van der Waals surface area contributed by atoms with Gasteiger partial charge in [0.25, 0.3) is 0 Å². The zero-order valence-corrected chi connectivity index (χ0v) is 9.16. The van der Waals surface area contributed by atoms with Crippen molar-refractivity contribution in [1.29, 1.82) is 0 Å². The number of hydrogen-bond donors (Lipinski definition) is 1. The van der Waals surface area contributed by atoms with Crippen LogP contribution in [0.1, 0.15) is 27.2 Å². The average molecular weight is 217 g/mol. The lowest BCUT2D eigenvalue weighted by molar-refractivity contribution is -0.122. The maximum Gasteiger partial charge on any atom is 0.408 e. The monoisotopic (exact) mass is 217 g/mol. The molecule has 5 heteroatoms. The van der Waals surface area contributed by atoms with Crippen molar-refractivity contribution in [3.05, 3.63) is 0 Å². The molecule has 0 bridgehead atoms. The molecule has 2 atom stereocenters. The highest BCUT2D eigenvalue weighted by molar-refractivity contribution is 5.77. The van der Waals surface area contributed by atoms with Gasteiger partial charge in [-0.25, -0.2) is 9.18 Å². The van der Waals surface area contributed by atoms with Crippen LogP contribution in [0.4, 0.5) is 9.18 Å². The third kappa shape index (κ3) is 1.70. The van der Waals surface area contributed by atoms with Crippen LogP contribution >= 0.6 is 0 Å². The smallest absolute Gasteiger partial charge is 0.408 e. The molecule has 0 spiro atoms. The molecule has 1 saturated heterocycles. The summed E-state index contributed by atoms with van der Waals surface area (Å²) in [7, 11) is 0. The molecule has 0 unspecified atom stereocenters. The molecule has 0 saturated carbocycles. The summed E-state index contributed by atoms with van der Waals surface area (Å²) in [5.74, 6) is 0. The number of hydrogen-bond acceptors (Lipinski definition) is 2. The van der Waals surface area contributed by atoms with Crippen molar-refractivity contribution >= 4 is 12.4 Å². The van der Waals surface area contributed by atoms with Crippen molar-refractivity contribution in [2.75, 3.05) is 6.54 Å². The van der Waals surface area contributed by atoms with E-state index in [1.807, 2.05) is 0 Å². The van der Waals surface area contributed by atoms with Crippen LogP contribution in [0.2, 0.25) is 0 Å². The summed E-state index contributed by atoms with van der Waals surface area (Å²) in [6.45, 7) is 5.02. The molecular formula is C10H16FNO3. The van der Waals surface area contributed by atoms with Gasteiger partial charge in [-0.05, 0) is 5.41 Å². The summed E-state index contributed by atoms with van der Waals surface area (Å²) < 4.78 is 13.3. The van der Waals surface area contributed by atoms with Crippen LogP contribution in [-0.4, -0.2) is 40.6 Å². The Balaban J connectivity index is 3.17. The van der Waals surface area contributed by atoms with Crippen molar-refractivity contribution in [1.82, 2.24) is 4.90 Å². The lowest BCUT2D eigenvalue weighted by atomic mass is 9.72. The first-order valence-electron chi connectivity index (χ1n) is 4.85. The van der Waals surface area contributed by atoms with Crippen LogP contribution in [-0.2, 0) is 4.79 Å². The van der Waals surface area contributed by atoms with Gasteiger partial charge in [-0.3, -0.25) is 4.90 Å². The number of carbonyl (C=O) groups is 2. The topological polar surface area (TPSA) is 57.6 Å². The zero-order valence-electron chi connectivity index (χ0n) is 9.16. The molecule has 1 fully saturated rings. The molecule has 86 valence electrons. The number of carbonyl (C=O) groups excluding carboxylic acids is 1. The van der Waals surface area contributed by atoms with Crippen LogP contribution in [0.3, 0.4) is 0 Å². The highest BCUT2D eigenvalue weighted by Crippen LogP contribution is 2.43. The van der Waals surface area contributed by atoms with Crippen molar-refractivity contribution in [2.24, 2.45) is 5.41 Å². The van der Waals surface area contributed by atoms with Crippen molar-refractivity contribution in [3.63, 3.8) is 0 Å². The summed E-state index contributed by atoms with van der Waals surface area (Å²) >= 11 is 0. The Kier molecular flexibility index (Phi) is 2.76. The van der Waals surface area contributed by atoms with E-state index < -0.39 is 23.2 Å². The predicted octanol–water partition coefficient (Wildman–Crippen LogP) is 1.69. The highest BCUT2D eigenvalue weighted by atomic mass is 19.1.